The van der Waals surface area contributed by atoms with Crippen LogP contribution in [0.4, 0.5) is 4.79 Å². The molecule has 0 spiro atoms. The summed E-state index contributed by atoms with van der Waals surface area (Å²) >= 11 is 0. The minimum atomic E-state index is -4.04. The quantitative estimate of drug-likeness (QED) is 0.677. The Morgan fingerprint density at radius 2 is 2.21 bits per heavy atom. The van der Waals surface area contributed by atoms with Crippen LogP contribution in [0.5, 0.6) is 0 Å². The first-order chi connectivity index (χ1) is 8.85. The molecule has 1 aliphatic rings. The third kappa shape index (κ3) is 5.01. The number of nitrogens with zero attached hydrogens (tertiary/aromatic N) is 1. The molecular formula is C9H16N2O7S. The van der Waals surface area contributed by atoms with Crippen LogP contribution in [0, 0.1) is 0 Å². The van der Waals surface area contributed by atoms with Crippen molar-refractivity contribution in [3.63, 3.8) is 0 Å². The fourth-order valence-corrected chi connectivity index (χ4v) is 2.64. The van der Waals surface area contributed by atoms with Crippen LogP contribution < -0.4 is 4.72 Å². The molecule has 1 heterocycles. The van der Waals surface area contributed by atoms with Crippen molar-refractivity contribution in [1.29, 1.82) is 0 Å². The van der Waals surface area contributed by atoms with Crippen LogP contribution in [0.15, 0.2) is 0 Å². The van der Waals surface area contributed by atoms with Gasteiger partial charge >= 0.3 is 22.3 Å². The zero-order valence-corrected chi connectivity index (χ0v) is 11.2. The van der Waals surface area contributed by atoms with E-state index in [-0.39, 0.29) is 32.7 Å². The molecule has 0 radical (unpaired) electrons. The summed E-state index contributed by atoms with van der Waals surface area (Å²) in [7, 11) is -4.04. The average molecular weight is 296 g/mol. The van der Waals surface area contributed by atoms with Crippen LogP contribution in [0.1, 0.15) is 13.3 Å². The molecule has 1 amide bonds. The Morgan fingerprint density at radius 3 is 2.79 bits per heavy atom. The highest BCUT2D eigenvalue weighted by atomic mass is 32.2. The van der Waals surface area contributed by atoms with E-state index in [1.165, 1.54) is 0 Å². The summed E-state index contributed by atoms with van der Waals surface area (Å²) < 4.78 is 35.9. The third-order valence-corrected chi connectivity index (χ3v) is 3.77. The van der Waals surface area contributed by atoms with Gasteiger partial charge in [-0.25, -0.2) is 9.52 Å². The van der Waals surface area contributed by atoms with Crippen LogP contribution in [-0.2, 0) is 24.5 Å². The van der Waals surface area contributed by atoms with Gasteiger partial charge in [0.2, 0.25) is 0 Å². The molecule has 1 rings (SSSR count). The monoisotopic (exact) mass is 296 g/mol. The molecule has 1 fully saturated rings. The maximum atomic E-state index is 11.8. The van der Waals surface area contributed by atoms with E-state index in [1.807, 2.05) is 0 Å². The normalized spacial score (nSPS) is 20.8. The summed E-state index contributed by atoms with van der Waals surface area (Å²) in [6, 6.07) is 0. The van der Waals surface area contributed by atoms with Gasteiger partial charge in [-0.05, 0) is 6.92 Å². The zero-order chi connectivity index (χ0) is 14.5. The number of carbonyl (C=O) groups is 2. The van der Waals surface area contributed by atoms with Crippen LogP contribution in [0.2, 0.25) is 0 Å². The minimum Gasteiger partial charge on any atom is -0.481 e. The van der Waals surface area contributed by atoms with Crippen LogP contribution in [0.25, 0.3) is 0 Å². The van der Waals surface area contributed by atoms with Gasteiger partial charge in [0.05, 0.1) is 25.7 Å². The van der Waals surface area contributed by atoms with E-state index in [0.29, 0.717) is 0 Å². The molecule has 110 valence electrons. The Morgan fingerprint density at radius 1 is 1.53 bits per heavy atom. The highest BCUT2D eigenvalue weighted by Crippen LogP contribution is 2.11. The number of nitrogens with one attached hydrogen (secondary N) is 1. The maximum Gasteiger partial charge on any atom is 0.421 e. The zero-order valence-electron chi connectivity index (χ0n) is 10.4. The van der Waals surface area contributed by atoms with Gasteiger partial charge in [0, 0.05) is 13.1 Å². The van der Waals surface area contributed by atoms with Gasteiger partial charge in [-0.2, -0.15) is 12.7 Å². The second-order valence-electron chi connectivity index (χ2n) is 3.78. The van der Waals surface area contributed by atoms with Crippen LogP contribution in [0.3, 0.4) is 0 Å². The van der Waals surface area contributed by atoms with Gasteiger partial charge in [-0.15, -0.1) is 0 Å². The Hall–Kier alpha value is -1.39. The van der Waals surface area contributed by atoms with Crippen molar-refractivity contribution in [2.45, 2.75) is 19.4 Å². The first-order valence-corrected chi connectivity index (χ1v) is 7.07. The topological polar surface area (TPSA) is 122 Å². The van der Waals surface area contributed by atoms with Gasteiger partial charge in [-0.1, -0.05) is 0 Å². The number of carbonyl (C=O) groups excluding carboxylic acids is 1. The van der Waals surface area contributed by atoms with E-state index in [4.69, 9.17) is 9.84 Å². The molecule has 0 aromatic carbocycles. The summed E-state index contributed by atoms with van der Waals surface area (Å²) in [4.78, 5) is 21.6. The third-order valence-electron chi connectivity index (χ3n) is 2.33. The van der Waals surface area contributed by atoms with Gasteiger partial charge in [-0.3, -0.25) is 4.79 Å². The van der Waals surface area contributed by atoms with Crippen LogP contribution >= 0.6 is 0 Å². The number of carboxylic acids is 1. The molecule has 19 heavy (non-hydrogen) atoms. The van der Waals surface area contributed by atoms with E-state index in [0.717, 1.165) is 4.31 Å². The van der Waals surface area contributed by atoms with Crippen molar-refractivity contribution in [2.75, 3.05) is 26.3 Å². The van der Waals surface area contributed by atoms with E-state index in [2.05, 4.69) is 4.74 Å². The molecule has 0 aromatic rings. The highest BCUT2D eigenvalue weighted by Gasteiger charge is 2.31. The highest BCUT2D eigenvalue weighted by molar-refractivity contribution is 7.87. The fourth-order valence-electron chi connectivity index (χ4n) is 1.56. The summed E-state index contributed by atoms with van der Waals surface area (Å²) in [6.45, 7) is 1.59. The smallest absolute Gasteiger partial charge is 0.421 e. The lowest BCUT2D eigenvalue weighted by molar-refractivity contribution is -0.141. The largest absolute Gasteiger partial charge is 0.481 e. The first kappa shape index (κ1) is 15.7. The molecule has 1 unspecified atom stereocenters. The van der Waals surface area contributed by atoms with E-state index in [9.17, 15) is 18.0 Å². The Kier molecular flexibility index (Phi) is 5.51. The lowest BCUT2D eigenvalue weighted by atomic mass is 10.2. The molecule has 1 atom stereocenters. The van der Waals surface area contributed by atoms with Crippen molar-refractivity contribution in [3.8, 4) is 0 Å². The molecule has 1 aliphatic heterocycles. The lowest BCUT2D eigenvalue weighted by Gasteiger charge is -2.31. The number of morpholine rings is 1. The molecular weight excluding hydrogens is 280 g/mol. The van der Waals surface area contributed by atoms with Crippen molar-refractivity contribution < 1.29 is 32.6 Å². The van der Waals surface area contributed by atoms with Gasteiger partial charge in [0.15, 0.2) is 0 Å². The lowest BCUT2D eigenvalue weighted by Crippen LogP contribution is -2.51. The average Bonchev–Trinajstić information content (AvgIpc) is 2.28. The van der Waals surface area contributed by atoms with Crippen molar-refractivity contribution in [3.05, 3.63) is 0 Å². The number of hydrogen-bond acceptors (Lipinski definition) is 6. The molecule has 0 bridgehead atoms. The van der Waals surface area contributed by atoms with Crippen molar-refractivity contribution in [2.24, 2.45) is 0 Å². The predicted octanol–water partition coefficient (Wildman–Crippen LogP) is -0.847. The summed E-state index contributed by atoms with van der Waals surface area (Å²) in [6.07, 6.45) is -2.10. The van der Waals surface area contributed by atoms with Crippen LogP contribution in [-0.4, -0.2) is 62.3 Å². The number of amides is 1. The summed E-state index contributed by atoms with van der Waals surface area (Å²) in [5, 5.41) is 8.63. The van der Waals surface area contributed by atoms with Gasteiger partial charge < -0.3 is 14.6 Å². The number of aliphatic carboxylic acids is 1. The molecule has 1 saturated heterocycles. The standard InChI is InChI=1S/C9H16N2O7S/c1-2-17-9(14)10-19(15,16)11-3-4-18-7(6-11)5-8(12)13/h7H,2-6H2,1H3,(H,10,14)(H,12,13). The Balaban J connectivity index is 2.62. The van der Waals surface area contributed by atoms with Gasteiger partial charge in [0.25, 0.3) is 0 Å². The fraction of sp³-hybridized carbons (Fsp3) is 0.778. The van der Waals surface area contributed by atoms with E-state index < -0.39 is 28.4 Å². The van der Waals surface area contributed by atoms with Gasteiger partial charge in [0.1, 0.15) is 0 Å². The number of hydrogen-bond donors (Lipinski definition) is 2. The second kappa shape index (κ2) is 6.68. The maximum absolute atomic E-state index is 11.8. The Bertz CT molecular complexity index is 436. The minimum absolute atomic E-state index is 0.0465. The van der Waals surface area contributed by atoms with Crippen molar-refractivity contribution >= 4 is 22.3 Å². The SMILES string of the molecule is CCOC(=O)NS(=O)(=O)N1CCOC(CC(=O)O)C1. The van der Waals surface area contributed by atoms with E-state index in [1.54, 1.807) is 11.6 Å². The second-order valence-corrected chi connectivity index (χ2v) is 5.45. The molecule has 2 N–H and O–H groups in total. The number of carboxylic acid groups (broad SMARTS) is 1. The number of ether oxygens (including phenoxy) is 2. The first-order valence-electron chi connectivity index (χ1n) is 5.63. The summed E-state index contributed by atoms with van der Waals surface area (Å²) in [5.74, 6) is -1.08. The molecule has 0 aliphatic carbocycles. The molecule has 10 heteroatoms. The predicted molar refractivity (Wildman–Crippen MR) is 62.6 cm³/mol. The molecule has 0 saturated carbocycles. The summed E-state index contributed by atoms with van der Waals surface area (Å²) in [5.41, 5.74) is 0. The van der Waals surface area contributed by atoms with E-state index >= 15 is 0 Å². The molecule has 9 nitrogen and oxygen atoms in total. The van der Waals surface area contributed by atoms with Crippen molar-refractivity contribution in [1.82, 2.24) is 9.03 Å². The Labute approximate surface area is 110 Å². The number of rotatable bonds is 5. The molecule has 0 aromatic heterocycles.